The lowest BCUT2D eigenvalue weighted by atomic mass is 9.88. The summed E-state index contributed by atoms with van der Waals surface area (Å²) < 4.78 is 11.3. The molecule has 1 aliphatic carbocycles. The topological polar surface area (TPSA) is 68.7 Å². The molecule has 0 amide bonds. The van der Waals surface area contributed by atoms with E-state index in [4.69, 9.17) is 9.47 Å². The maximum absolute atomic E-state index is 11.2. The fourth-order valence-electron chi connectivity index (χ4n) is 3.18. The van der Waals surface area contributed by atoms with Gasteiger partial charge in [0.05, 0.1) is 12.7 Å². The third-order valence-corrected chi connectivity index (χ3v) is 4.43. The first-order valence-electron chi connectivity index (χ1n) is 8.34. The van der Waals surface area contributed by atoms with Gasteiger partial charge in [-0.15, -0.1) is 0 Å². The highest BCUT2D eigenvalue weighted by Crippen LogP contribution is 2.36. The number of hydrogen-bond donors (Lipinski definition) is 1. The number of methoxy groups -OCH3 is 1. The Bertz CT molecular complexity index is 798. The first-order chi connectivity index (χ1) is 12.2. The summed E-state index contributed by atoms with van der Waals surface area (Å²) in [6, 6.07) is 8.74. The SMILES string of the molecule is COc1ncccc1C1=C(COc2cccc(O)c2C=O)CCCC1. The van der Waals surface area contributed by atoms with Crippen LogP contribution in [0.1, 0.15) is 41.6 Å². The molecule has 0 saturated heterocycles. The highest BCUT2D eigenvalue weighted by Gasteiger charge is 2.19. The third kappa shape index (κ3) is 3.65. The number of carbonyl (C=O) groups excluding carboxylic acids is 1. The molecule has 0 saturated carbocycles. The first-order valence-corrected chi connectivity index (χ1v) is 8.34. The van der Waals surface area contributed by atoms with Gasteiger partial charge >= 0.3 is 0 Å². The van der Waals surface area contributed by atoms with Crippen molar-refractivity contribution in [2.75, 3.05) is 13.7 Å². The van der Waals surface area contributed by atoms with E-state index in [2.05, 4.69) is 4.98 Å². The van der Waals surface area contributed by atoms with Gasteiger partial charge < -0.3 is 14.6 Å². The second-order valence-corrected chi connectivity index (χ2v) is 5.94. The number of carbonyl (C=O) groups is 1. The van der Waals surface area contributed by atoms with Gasteiger partial charge in [0.1, 0.15) is 18.1 Å². The standard InChI is InChI=1S/C20H21NO4/c1-24-20-16(8-5-11-21-20)15-7-3-2-6-14(15)13-25-19-10-4-9-18(23)17(19)12-22/h4-5,8-12,23H,2-3,6-7,13H2,1H3. The molecule has 5 heteroatoms. The van der Waals surface area contributed by atoms with Gasteiger partial charge in [-0.05, 0) is 61.1 Å². The molecule has 0 spiro atoms. The number of phenolic OH excluding ortho intramolecular Hbond substituents is 1. The molecular weight excluding hydrogens is 318 g/mol. The number of pyridine rings is 1. The van der Waals surface area contributed by atoms with Gasteiger partial charge in [-0.2, -0.15) is 0 Å². The summed E-state index contributed by atoms with van der Waals surface area (Å²) in [5, 5.41) is 9.78. The summed E-state index contributed by atoms with van der Waals surface area (Å²) >= 11 is 0. The van der Waals surface area contributed by atoms with Crippen LogP contribution in [0.25, 0.3) is 5.57 Å². The Morgan fingerprint density at radius 1 is 1.20 bits per heavy atom. The molecular formula is C20H21NO4. The summed E-state index contributed by atoms with van der Waals surface area (Å²) in [5.74, 6) is 0.938. The van der Waals surface area contributed by atoms with E-state index in [-0.39, 0.29) is 11.3 Å². The summed E-state index contributed by atoms with van der Waals surface area (Å²) in [7, 11) is 1.62. The van der Waals surface area contributed by atoms with Gasteiger partial charge in [-0.1, -0.05) is 6.07 Å². The van der Waals surface area contributed by atoms with Gasteiger partial charge in [0.2, 0.25) is 5.88 Å². The van der Waals surface area contributed by atoms with E-state index in [1.54, 1.807) is 25.4 Å². The van der Waals surface area contributed by atoms with Crippen molar-refractivity contribution in [2.24, 2.45) is 0 Å². The molecule has 0 atom stereocenters. The molecule has 0 radical (unpaired) electrons. The summed E-state index contributed by atoms with van der Waals surface area (Å²) in [4.78, 5) is 15.5. The zero-order valence-corrected chi connectivity index (χ0v) is 14.2. The first kappa shape index (κ1) is 17.0. The van der Waals surface area contributed by atoms with Crippen LogP contribution in [0.4, 0.5) is 0 Å². The Labute approximate surface area is 146 Å². The van der Waals surface area contributed by atoms with Crippen molar-refractivity contribution in [3.05, 3.63) is 53.2 Å². The number of aromatic hydroxyl groups is 1. The lowest BCUT2D eigenvalue weighted by Crippen LogP contribution is -2.10. The summed E-state index contributed by atoms with van der Waals surface area (Å²) in [5.41, 5.74) is 3.55. The van der Waals surface area contributed by atoms with Crippen LogP contribution in [0, 0.1) is 0 Å². The number of aromatic nitrogens is 1. The monoisotopic (exact) mass is 339 g/mol. The minimum Gasteiger partial charge on any atom is -0.507 e. The van der Waals surface area contributed by atoms with Gasteiger partial charge in [-0.25, -0.2) is 4.98 Å². The fraction of sp³-hybridized carbons (Fsp3) is 0.300. The van der Waals surface area contributed by atoms with Crippen LogP contribution in [0.15, 0.2) is 42.1 Å². The molecule has 5 nitrogen and oxygen atoms in total. The molecule has 3 rings (SSSR count). The number of hydrogen-bond acceptors (Lipinski definition) is 5. The lowest BCUT2D eigenvalue weighted by Gasteiger charge is -2.22. The normalized spacial score (nSPS) is 14.3. The minimum absolute atomic E-state index is 0.0701. The van der Waals surface area contributed by atoms with E-state index in [9.17, 15) is 9.90 Å². The molecule has 2 aromatic rings. The molecule has 25 heavy (non-hydrogen) atoms. The van der Waals surface area contributed by atoms with Crippen LogP contribution < -0.4 is 9.47 Å². The second-order valence-electron chi connectivity index (χ2n) is 5.94. The maximum atomic E-state index is 11.2. The van der Waals surface area contributed by atoms with Crippen molar-refractivity contribution in [3.63, 3.8) is 0 Å². The van der Waals surface area contributed by atoms with Crippen molar-refractivity contribution in [1.82, 2.24) is 4.98 Å². The van der Waals surface area contributed by atoms with Gasteiger partial charge in [0, 0.05) is 11.8 Å². The van der Waals surface area contributed by atoms with E-state index < -0.39 is 0 Å². The Hall–Kier alpha value is -2.82. The third-order valence-electron chi connectivity index (χ3n) is 4.43. The molecule has 1 N–H and O–H groups in total. The molecule has 1 heterocycles. The lowest BCUT2D eigenvalue weighted by molar-refractivity contribution is 0.111. The Balaban J connectivity index is 1.90. The van der Waals surface area contributed by atoms with E-state index in [1.165, 1.54) is 17.2 Å². The van der Waals surface area contributed by atoms with Gasteiger partial charge in [0.15, 0.2) is 6.29 Å². The molecule has 0 fully saturated rings. The van der Waals surface area contributed by atoms with Crippen molar-refractivity contribution in [3.8, 4) is 17.4 Å². The van der Waals surface area contributed by atoms with Gasteiger partial charge in [-0.3, -0.25) is 4.79 Å². The second kappa shape index (κ2) is 7.83. The van der Waals surface area contributed by atoms with Crippen LogP contribution >= 0.6 is 0 Å². The van der Waals surface area contributed by atoms with Crippen LogP contribution in [0.5, 0.6) is 17.4 Å². The van der Waals surface area contributed by atoms with E-state index in [1.807, 2.05) is 12.1 Å². The Kier molecular flexibility index (Phi) is 5.33. The zero-order chi connectivity index (χ0) is 17.6. The predicted octanol–water partition coefficient (Wildman–Crippen LogP) is 4.01. The van der Waals surface area contributed by atoms with Crippen LogP contribution in [-0.2, 0) is 0 Å². The minimum atomic E-state index is -0.0701. The number of ether oxygens (including phenoxy) is 2. The molecule has 130 valence electrons. The van der Waals surface area contributed by atoms with Crippen molar-refractivity contribution < 1.29 is 19.4 Å². The summed E-state index contributed by atoms with van der Waals surface area (Å²) in [6.07, 6.45) is 6.42. The molecule has 1 aromatic carbocycles. The number of allylic oxidation sites excluding steroid dienone is 1. The predicted molar refractivity (Wildman–Crippen MR) is 95.2 cm³/mol. The Morgan fingerprint density at radius 2 is 2.04 bits per heavy atom. The molecule has 0 aliphatic heterocycles. The highest BCUT2D eigenvalue weighted by molar-refractivity contribution is 5.83. The molecule has 1 aliphatic rings. The molecule has 0 bridgehead atoms. The van der Waals surface area contributed by atoms with Crippen molar-refractivity contribution >= 4 is 11.9 Å². The number of aldehydes is 1. The number of benzene rings is 1. The maximum Gasteiger partial charge on any atom is 0.220 e. The number of phenols is 1. The van der Waals surface area contributed by atoms with E-state index in [0.717, 1.165) is 31.2 Å². The smallest absolute Gasteiger partial charge is 0.220 e. The number of rotatable bonds is 6. The fourth-order valence-corrected chi connectivity index (χ4v) is 3.18. The van der Waals surface area contributed by atoms with Crippen LogP contribution in [0.2, 0.25) is 0 Å². The molecule has 1 aromatic heterocycles. The van der Waals surface area contributed by atoms with Crippen molar-refractivity contribution in [2.45, 2.75) is 25.7 Å². The van der Waals surface area contributed by atoms with E-state index in [0.29, 0.717) is 24.5 Å². The van der Waals surface area contributed by atoms with E-state index >= 15 is 0 Å². The van der Waals surface area contributed by atoms with Gasteiger partial charge in [0.25, 0.3) is 0 Å². The van der Waals surface area contributed by atoms with Crippen molar-refractivity contribution in [1.29, 1.82) is 0 Å². The summed E-state index contributed by atoms with van der Waals surface area (Å²) in [6.45, 7) is 0.373. The number of nitrogens with zero attached hydrogens (tertiary/aromatic N) is 1. The highest BCUT2D eigenvalue weighted by atomic mass is 16.5. The average Bonchev–Trinajstić information content (AvgIpc) is 2.66. The Morgan fingerprint density at radius 3 is 2.84 bits per heavy atom. The van der Waals surface area contributed by atoms with Crippen LogP contribution in [-0.4, -0.2) is 30.1 Å². The average molecular weight is 339 g/mol. The largest absolute Gasteiger partial charge is 0.507 e. The quantitative estimate of drug-likeness (QED) is 0.805. The zero-order valence-electron chi connectivity index (χ0n) is 14.2. The molecule has 0 unspecified atom stereocenters. The van der Waals surface area contributed by atoms with Crippen LogP contribution in [0.3, 0.4) is 0 Å².